The van der Waals surface area contributed by atoms with Crippen molar-refractivity contribution in [1.82, 2.24) is 5.32 Å². The van der Waals surface area contributed by atoms with E-state index in [4.69, 9.17) is 9.47 Å². The third kappa shape index (κ3) is 3.45. The van der Waals surface area contributed by atoms with E-state index >= 15 is 0 Å². The second-order valence-corrected chi connectivity index (χ2v) is 6.00. The fourth-order valence-electron chi connectivity index (χ4n) is 1.82. The maximum absolute atomic E-state index is 9.85. The molecule has 0 aliphatic rings. The van der Waals surface area contributed by atoms with Gasteiger partial charge in [0.05, 0.1) is 14.2 Å². The Bertz CT molecular complexity index is 561. The first-order chi connectivity index (χ1) is 9.65. The van der Waals surface area contributed by atoms with Gasteiger partial charge in [0.25, 0.3) is 0 Å². The number of benzene rings is 1. The Morgan fingerprint density at radius 3 is 2.35 bits per heavy atom. The van der Waals surface area contributed by atoms with Crippen molar-refractivity contribution in [2.45, 2.75) is 13.1 Å². The van der Waals surface area contributed by atoms with Gasteiger partial charge in [0.15, 0.2) is 11.5 Å². The molecule has 1 aromatic heterocycles. The zero-order valence-electron chi connectivity index (χ0n) is 11.3. The van der Waals surface area contributed by atoms with Crippen molar-refractivity contribution in [3.05, 3.63) is 38.5 Å². The maximum Gasteiger partial charge on any atom is 0.200 e. The van der Waals surface area contributed by atoms with Crippen LogP contribution in [0.3, 0.4) is 0 Å². The minimum atomic E-state index is 0.0275. The Morgan fingerprint density at radius 1 is 1.20 bits per heavy atom. The number of phenols is 1. The molecule has 0 aliphatic carbocycles. The van der Waals surface area contributed by atoms with Crippen LogP contribution in [-0.4, -0.2) is 19.3 Å². The van der Waals surface area contributed by atoms with Crippen molar-refractivity contribution in [1.29, 1.82) is 0 Å². The van der Waals surface area contributed by atoms with E-state index in [2.05, 4.69) is 21.2 Å². The molecule has 0 unspecified atom stereocenters. The molecular formula is C14H16BrNO3S. The number of phenolic OH excluding ortho intramolecular Hbond substituents is 1. The molecule has 2 N–H and O–H groups in total. The summed E-state index contributed by atoms with van der Waals surface area (Å²) in [6, 6.07) is 5.64. The minimum absolute atomic E-state index is 0.0275. The van der Waals surface area contributed by atoms with Crippen LogP contribution < -0.4 is 14.8 Å². The summed E-state index contributed by atoms with van der Waals surface area (Å²) >= 11 is 5.21. The number of ether oxygens (including phenoxy) is 2. The highest BCUT2D eigenvalue weighted by Gasteiger charge is 2.11. The van der Waals surface area contributed by atoms with Gasteiger partial charge in [-0.15, -0.1) is 11.3 Å². The van der Waals surface area contributed by atoms with Crippen molar-refractivity contribution >= 4 is 27.3 Å². The van der Waals surface area contributed by atoms with Crippen LogP contribution in [0.4, 0.5) is 0 Å². The van der Waals surface area contributed by atoms with Gasteiger partial charge in [0.1, 0.15) is 0 Å². The zero-order chi connectivity index (χ0) is 14.5. The standard InChI is InChI=1S/C14H16BrNO3S/c1-18-11-5-9(6-12(19-2)14(11)17)7-16-8-13-10(15)3-4-20-13/h3-6,16-17H,7-8H2,1-2H3. The molecule has 0 fully saturated rings. The van der Waals surface area contributed by atoms with Crippen LogP contribution in [0.1, 0.15) is 10.4 Å². The number of methoxy groups -OCH3 is 2. The molecule has 4 nitrogen and oxygen atoms in total. The Kier molecular flexibility index (Phi) is 5.28. The second-order valence-electron chi connectivity index (χ2n) is 4.14. The summed E-state index contributed by atoms with van der Waals surface area (Å²) < 4.78 is 11.4. The third-order valence-corrected chi connectivity index (χ3v) is 4.77. The molecule has 2 rings (SSSR count). The molecule has 0 bridgehead atoms. The number of rotatable bonds is 6. The van der Waals surface area contributed by atoms with Gasteiger partial charge in [-0.25, -0.2) is 0 Å². The fourth-order valence-corrected chi connectivity index (χ4v) is 3.28. The van der Waals surface area contributed by atoms with E-state index < -0.39 is 0 Å². The third-order valence-electron chi connectivity index (χ3n) is 2.85. The van der Waals surface area contributed by atoms with Crippen molar-refractivity contribution in [3.8, 4) is 17.2 Å². The molecule has 0 amide bonds. The molecule has 1 aromatic carbocycles. The summed E-state index contributed by atoms with van der Waals surface area (Å²) in [5.41, 5.74) is 0.990. The van der Waals surface area contributed by atoms with Crippen LogP contribution in [0.5, 0.6) is 17.2 Å². The Morgan fingerprint density at radius 2 is 1.85 bits per heavy atom. The quantitative estimate of drug-likeness (QED) is 0.830. The van der Waals surface area contributed by atoms with Crippen LogP contribution in [0, 0.1) is 0 Å². The highest BCUT2D eigenvalue weighted by Crippen LogP contribution is 2.37. The van der Waals surface area contributed by atoms with E-state index in [0.29, 0.717) is 18.0 Å². The van der Waals surface area contributed by atoms with Crippen molar-refractivity contribution in [2.75, 3.05) is 14.2 Å². The smallest absolute Gasteiger partial charge is 0.200 e. The molecule has 0 saturated heterocycles. The summed E-state index contributed by atoms with van der Waals surface area (Å²) in [7, 11) is 3.04. The Balaban J connectivity index is 2.04. The van der Waals surface area contributed by atoms with Gasteiger partial charge in [0, 0.05) is 22.4 Å². The topological polar surface area (TPSA) is 50.7 Å². The maximum atomic E-state index is 9.85. The minimum Gasteiger partial charge on any atom is -0.502 e. The monoisotopic (exact) mass is 357 g/mol. The van der Waals surface area contributed by atoms with Crippen molar-refractivity contribution < 1.29 is 14.6 Å². The normalized spacial score (nSPS) is 10.6. The average molecular weight is 358 g/mol. The van der Waals surface area contributed by atoms with Crippen molar-refractivity contribution in [2.24, 2.45) is 0 Å². The number of thiophene rings is 1. The SMILES string of the molecule is COc1cc(CNCc2sccc2Br)cc(OC)c1O. The molecule has 20 heavy (non-hydrogen) atoms. The zero-order valence-corrected chi connectivity index (χ0v) is 13.7. The van der Waals surface area contributed by atoms with Crippen LogP contribution in [0.2, 0.25) is 0 Å². The lowest BCUT2D eigenvalue weighted by Gasteiger charge is -2.11. The van der Waals surface area contributed by atoms with Gasteiger partial charge in [-0.1, -0.05) is 0 Å². The number of hydrogen-bond donors (Lipinski definition) is 2. The summed E-state index contributed by atoms with van der Waals surface area (Å²) in [6.07, 6.45) is 0. The molecular weight excluding hydrogens is 342 g/mol. The number of nitrogens with one attached hydrogen (secondary N) is 1. The van der Waals surface area contributed by atoms with Gasteiger partial charge < -0.3 is 19.9 Å². The lowest BCUT2D eigenvalue weighted by molar-refractivity contribution is 0.339. The Hall–Kier alpha value is -1.24. The van der Waals surface area contributed by atoms with Crippen LogP contribution in [0.25, 0.3) is 0 Å². The molecule has 108 valence electrons. The predicted octanol–water partition coefficient (Wildman–Crippen LogP) is 3.52. The van der Waals surface area contributed by atoms with Crippen molar-refractivity contribution in [3.63, 3.8) is 0 Å². The van der Waals surface area contributed by atoms with E-state index in [-0.39, 0.29) is 5.75 Å². The first kappa shape index (κ1) is 15.2. The number of halogens is 1. The van der Waals surface area contributed by atoms with Crippen LogP contribution >= 0.6 is 27.3 Å². The van der Waals surface area contributed by atoms with E-state index in [1.807, 2.05) is 11.4 Å². The van der Waals surface area contributed by atoms with Gasteiger partial charge >= 0.3 is 0 Å². The van der Waals surface area contributed by atoms with E-state index in [1.165, 1.54) is 19.1 Å². The summed E-state index contributed by atoms with van der Waals surface area (Å²) in [5.74, 6) is 0.858. The molecule has 1 heterocycles. The van der Waals surface area contributed by atoms with Crippen LogP contribution in [-0.2, 0) is 13.1 Å². The van der Waals surface area contributed by atoms with Gasteiger partial charge in [-0.05, 0) is 45.1 Å². The Labute approximate surface area is 130 Å². The number of aromatic hydroxyl groups is 1. The number of hydrogen-bond acceptors (Lipinski definition) is 5. The largest absolute Gasteiger partial charge is 0.502 e. The molecule has 0 saturated carbocycles. The van der Waals surface area contributed by atoms with Gasteiger partial charge in [-0.3, -0.25) is 0 Å². The summed E-state index contributed by atoms with van der Waals surface area (Å²) in [6.45, 7) is 1.45. The van der Waals surface area contributed by atoms with Gasteiger partial charge in [0.2, 0.25) is 5.75 Å². The van der Waals surface area contributed by atoms with Crippen LogP contribution in [0.15, 0.2) is 28.1 Å². The predicted molar refractivity (Wildman–Crippen MR) is 83.8 cm³/mol. The molecule has 2 aromatic rings. The molecule has 0 aliphatic heterocycles. The lowest BCUT2D eigenvalue weighted by atomic mass is 10.2. The van der Waals surface area contributed by atoms with E-state index in [1.54, 1.807) is 23.5 Å². The lowest BCUT2D eigenvalue weighted by Crippen LogP contribution is -2.12. The van der Waals surface area contributed by atoms with E-state index in [9.17, 15) is 5.11 Å². The fraction of sp³-hybridized carbons (Fsp3) is 0.286. The van der Waals surface area contributed by atoms with E-state index in [0.717, 1.165) is 16.6 Å². The highest BCUT2D eigenvalue weighted by molar-refractivity contribution is 9.10. The molecule has 0 spiro atoms. The summed E-state index contributed by atoms with van der Waals surface area (Å²) in [5, 5.41) is 15.3. The first-order valence-electron chi connectivity index (χ1n) is 6.02. The average Bonchev–Trinajstić information content (AvgIpc) is 2.86. The first-order valence-corrected chi connectivity index (χ1v) is 7.69. The molecule has 6 heteroatoms. The second kappa shape index (κ2) is 6.97. The molecule has 0 atom stereocenters. The molecule has 0 radical (unpaired) electrons. The highest BCUT2D eigenvalue weighted by atomic mass is 79.9. The summed E-state index contributed by atoms with van der Waals surface area (Å²) in [4.78, 5) is 1.25. The van der Waals surface area contributed by atoms with Gasteiger partial charge in [-0.2, -0.15) is 0 Å².